The van der Waals surface area contributed by atoms with E-state index in [2.05, 4.69) is 0 Å². The van der Waals surface area contributed by atoms with E-state index in [1.54, 1.807) is 14.2 Å². The van der Waals surface area contributed by atoms with Crippen LogP contribution in [0.1, 0.15) is 25.7 Å². The summed E-state index contributed by atoms with van der Waals surface area (Å²) in [7, 11) is 3.15. The molecule has 1 heterocycles. The summed E-state index contributed by atoms with van der Waals surface area (Å²) in [5.41, 5.74) is 0. The number of fused-ring (bicyclic) bond motifs is 3. The van der Waals surface area contributed by atoms with E-state index in [4.69, 9.17) is 9.47 Å². The van der Waals surface area contributed by atoms with Gasteiger partial charge in [-0.1, -0.05) is 0 Å². The fourth-order valence-electron chi connectivity index (χ4n) is 4.20. The molecule has 3 aliphatic rings. The molecule has 0 aromatic carbocycles. The lowest BCUT2D eigenvalue weighted by atomic mass is 9.71. The maximum atomic E-state index is 14.4. The molecule has 1 saturated heterocycles. The standard InChI is InChI=1S/C14H22F2O2S/c1-17-9-5-3-7-8-4-6-10(18-2)12(16)14(8)19-13(7)11(9)15/h7-14H,3-6H2,1-2H3. The molecule has 0 aromatic rings. The molecule has 1 aliphatic heterocycles. The van der Waals surface area contributed by atoms with E-state index in [9.17, 15) is 8.78 Å². The fraction of sp³-hybridized carbons (Fsp3) is 1.00. The number of methoxy groups -OCH3 is 2. The summed E-state index contributed by atoms with van der Waals surface area (Å²) in [5, 5.41) is -0.162. The second kappa shape index (κ2) is 5.49. The van der Waals surface area contributed by atoms with Crippen LogP contribution < -0.4 is 0 Å². The fourth-order valence-corrected chi connectivity index (χ4v) is 6.29. The molecule has 0 bridgehead atoms. The van der Waals surface area contributed by atoms with Crippen LogP contribution in [0.4, 0.5) is 8.78 Å². The third kappa shape index (κ3) is 2.22. The highest BCUT2D eigenvalue weighted by Crippen LogP contribution is 2.56. The number of alkyl halides is 2. The number of thioether (sulfide) groups is 1. The Kier molecular flexibility index (Phi) is 4.07. The largest absolute Gasteiger partial charge is 0.378 e. The predicted octanol–water partition coefficient (Wildman–Crippen LogP) is 3.00. The molecule has 3 fully saturated rings. The van der Waals surface area contributed by atoms with Crippen molar-refractivity contribution in [1.29, 1.82) is 0 Å². The maximum absolute atomic E-state index is 14.4. The number of ether oxygens (including phenoxy) is 2. The van der Waals surface area contributed by atoms with Gasteiger partial charge in [0.2, 0.25) is 0 Å². The number of hydrogen-bond donors (Lipinski definition) is 0. The first-order valence-electron chi connectivity index (χ1n) is 7.16. The summed E-state index contributed by atoms with van der Waals surface area (Å²) in [6.45, 7) is 0. The van der Waals surface area contributed by atoms with Crippen molar-refractivity contribution in [3.05, 3.63) is 0 Å². The maximum Gasteiger partial charge on any atom is 0.138 e. The second-order valence-corrected chi connectivity index (χ2v) is 7.35. The zero-order valence-electron chi connectivity index (χ0n) is 11.4. The van der Waals surface area contributed by atoms with Crippen LogP contribution >= 0.6 is 11.8 Å². The monoisotopic (exact) mass is 292 g/mol. The number of hydrogen-bond acceptors (Lipinski definition) is 3. The Morgan fingerprint density at radius 1 is 0.789 bits per heavy atom. The molecule has 8 atom stereocenters. The summed E-state index contributed by atoms with van der Waals surface area (Å²) >= 11 is 1.52. The van der Waals surface area contributed by atoms with Gasteiger partial charge in [0, 0.05) is 24.7 Å². The zero-order valence-corrected chi connectivity index (χ0v) is 12.2. The lowest BCUT2D eigenvalue weighted by Gasteiger charge is -2.38. The number of halogens is 2. The highest BCUT2D eigenvalue weighted by molar-refractivity contribution is 8.00. The van der Waals surface area contributed by atoms with E-state index in [1.807, 2.05) is 0 Å². The Balaban J connectivity index is 1.76. The summed E-state index contributed by atoms with van der Waals surface area (Å²) < 4.78 is 39.4. The number of rotatable bonds is 2. The van der Waals surface area contributed by atoms with Gasteiger partial charge in [-0.3, -0.25) is 0 Å². The van der Waals surface area contributed by atoms with Crippen molar-refractivity contribution in [2.45, 2.75) is 60.7 Å². The van der Waals surface area contributed by atoms with E-state index in [1.165, 1.54) is 11.8 Å². The van der Waals surface area contributed by atoms with Gasteiger partial charge in [0.25, 0.3) is 0 Å². The van der Waals surface area contributed by atoms with Gasteiger partial charge in [-0.2, -0.15) is 0 Å². The molecule has 2 aliphatic carbocycles. The molecule has 0 aromatic heterocycles. The molecule has 0 N–H and O–H groups in total. The van der Waals surface area contributed by atoms with Crippen molar-refractivity contribution in [1.82, 2.24) is 0 Å². The minimum atomic E-state index is -0.951. The van der Waals surface area contributed by atoms with Gasteiger partial charge in [0.05, 0.1) is 12.2 Å². The molecule has 2 nitrogen and oxygen atoms in total. The Bertz CT molecular complexity index is 301. The third-order valence-corrected chi connectivity index (χ3v) is 7.07. The summed E-state index contributed by atoms with van der Waals surface area (Å²) in [6.07, 6.45) is 0.987. The topological polar surface area (TPSA) is 18.5 Å². The Labute approximate surface area is 117 Å². The summed E-state index contributed by atoms with van der Waals surface area (Å²) in [4.78, 5) is 0. The molecule has 5 heteroatoms. The van der Waals surface area contributed by atoms with E-state index < -0.39 is 12.3 Å². The first-order chi connectivity index (χ1) is 9.17. The Hall–Kier alpha value is 0.130. The van der Waals surface area contributed by atoms with Crippen molar-refractivity contribution in [2.24, 2.45) is 11.8 Å². The van der Waals surface area contributed by atoms with Crippen molar-refractivity contribution < 1.29 is 18.3 Å². The summed E-state index contributed by atoms with van der Waals surface area (Å²) in [6, 6.07) is 0. The first kappa shape index (κ1) is 14.1. The minimum absolute atomic E-state index is 0.0810. The van der Waals surface area contributed by atoms with Crippen molar-refractivity contribution in [3.63, 3.8) is 0 Å². The average Bonchev–Trinajstić information content (AvgIpc) is 2.80. The molecular formula is C14H22F2O2S. The summed E-state index contributed by atoms with van der Waals surface area (Å²) in [5.74, 6) is 0.653. The van der Waals surface area contributed by atoms with E-state index in [0.29, 0.717) is 11.8 Å². The highest BCUT2D eigenvalue weighted by atomic mass is 32.2. The Morgan fingerprint density at radius 3 is 1.58 bits per heavy atom. The molecule has 110 valence electrons. The Morgan fingerprint density at radius 2 is 1.21 bits per heavy atom. The van der Waals surface area contributed by atoms with E-state index in [-0.39, 0.29) is 22.7 Å². The van der Waals surface area contributed by atoms with Gasteiger partial charge in [-0.05, 0) is 37.5 Å². The van der Waals surface area contributed by atoms with Gasteiger partial charge in [0.15, 0.2) is 0 Å². The first-order valence-corrected chi connectivity index (χ1v) is 8.10. The predicted molar refractivity (Wildman–Crippen MR) is 72.0 cm³/mol. The molecule has 8 unspecified atom stereocenters. The lowest BCUT2D eigenvalue weighted by molar-refractivity contribution is -0.0315. The van der Waals surface area contributed by atoms with Crippen molar-refractivity contribution in [2.75, 3.05) is 14.2 Å². The van der Waals surface area contributed by atoms with Gasteiger partial charge in [0.1, 0.15) is 12.3 Å². The molecular weight excluding hydrogens is 270 g/mol. The van der Waals surface area contributed by atoms with Crippen LogP contribution in [0.15, 0.2) is 0 Å². The van der Waals surface area contributed by atoms with E-state index >= 15 is 0 Å². The normalized spacial score (nSPS) is 53.7. The van der Waals surface area contributed by atoms with Gasteiger partial charge in [-0.15, -0.1) is 11.8 Å². The van der Waals surface area contributed by atoms with Crippen LogP contribution in [0.2, 0.25) is 0 Å². The third-order valence-electron chi connectivity index (χ3n) is 5.22. The van der Waals surface area contributed by atoms with Gasteiger partial charge in [-0.25, -0.2) is 8.78 Å². The quantitative estimate of drug-likeness (QED) is 0.779. The van der Waals surface area contributed by atoms with Gasteiger partial charge >= 0.3 is 0 Å². The van der Waals surface area contributed by atoms with Crippen LogP contribution in [0.3, 0.4) is 0 Å². The molecule has 0 spiro atoms. The van der Waals surface area contributed by atoms with Crippen molar-refractivity contribution in [3.8, 4) is 0 Å². The van der Waals surface area contributed by atoms with Gasteiger partial charge < -0.3 is 9.47 Å². The highest BCUT2D eigenvalue weighted by Gasteiger charge is 2.56. The average molecular weight is 292 g/mol. The zero-order chi connectivity index (χ0) is 13.6. The van der Waals surface area contributed by atoms with Crippen LogP contribution in [0.25, 0.3) is 0 Å². The van der Waals surface area contributed by atoms with E-state index in [0.717, 1.165) is 25.7 Å². The second-order valence-electron chi connectivity index (χ2n) is 5.98. The molecule has 2 saturated carbocycles. The SMILES string of the molecule is COC1CCC2C3CCC(OC)C(F)C3SC2C1F. The van der Waals surface area contributed by atoms with Crippen LogP contribution in [0, 0.1) is 11.8 Å². The van der Waals surface area contributed by atoms with Crippen LogP contribution in [-0.2, 0) is 9.47 Å². The van der Waals surface area contributed by atoms with Crippen molar-refractivity contribution >= 4 is 11.8 Å². The lowest BCUT2D eigenvalue weighted by Crippen LogP contribution is -2.44. The smallest absolute Gasteiger partial charge is 0.138 e. The molecule has 3 rings (SSSR count). The molecule has 0 amide bonds. The van der Waals surface area contributed by atoms with Crippen LogP contribution in [-0.4, -0.2) is 49.3 Å². The van der Waals surface area contributed by atoms with Crippen LogP contribution in [0.5, 0.6) is 0 Å². The molecule has 0 radical (unpaired) electrons. The minimum Gasteiger partial charge on any atom is -0.378 e. The molecule has 19 heavy (non-hydrogen) atoms.